The molecule has 0 spiro atoms. The molecule has 20 heavy (non-hydrogen) atoms. The predicted molar refractivity (Wildman–Crippen MR) is 82.0 cm³/mol. The molecular formula is C16H24N4. The monoisotopic (exact) mass is 272 g/mol. The van der Waals surface area contributed by atoms with E-state index in [0.29, 0.717) is 6.04 Å². The Labute approximate surface area is 121 Å². The maximum absolute atomic E-state index is 4.75. The van der Waals surface area contributed by atoms with Crippen LogP contribution in [0.4, 0.5) is 0 Å². The molecule has 0 unspecified atom stereocenters. The number of hydrogen-bond acceptors (Lipinski definition) is 3. The van der Waals surface area contributed by atoms with Gasteiger partial charge in [0.05, 0.1) is 0 Å². The Morgan fingerprint density at radius 1 is 1.25 bits per heavy atom. The van der Waals surface area contributed by atoms with Gasteiger partial charge in [0.1, 0.15) is 0 Å². The standard InChI is InChI=1S/C16H24N4/c1-12(2)17-11-13-9-14(16(3,4)5)19-15(10-13)20-8-6-7-18-20/h6-10,12,17H,11H2,1-5H3. The molecular weight excluding hydrogens is 248 g/mol. The van der Waals surface area contributed by atoms with Crippen molar-refractivity contribution in [1.29, 1.82) is 0 Å². The first-order valence-corrected chi connectivity index (χ1v) is 7.11. The number of nitrogens with zero attached hydrogens (tertiary/aromatic N) is 3. The van der Waals surface area contributed by atoms with Crippen LogP contribution in [0, 0.1) is 0 Å². The largest absolute Gasteiger partial charge is 0.310 e. The molecule has 0 atom stereocenters. The zero-order valence-electron chi connectivity index (χ0n) is 13.0. The van der Waals surface area contributed by atoms with E-state index in [0.717, 1.165) is 18.1 Å². The molecule has 2 aromatic heterocycles. The van der Waals surface area contributed by atoms with Crippen molar-refractivity contribution >= 4 is 0 Å². The topological polar surface area (TPSA) is 42.7 Å². The summed E-state index contributed by atoms with van der Waals surface area (Å²) < 4.78 is 1.81. The molecule has 0 amide bonds. The molecule has 0 radical (unpaired) electrons. The zero-order chi connectivity index (χ0) is 14.8. The third-order valence-corrected chi connectivity index (χ3v) is 3.09. The van der Waals surface area contributed by atoms with Gasteiger partial charge < -0.3 is 5.32 Å². The molecule has 1 N–H and O–H groups in total. The van der Waals surface area contributed by atoms with E-state index >= 15 is 0 Å². The van der Waals surface area contributed by atoms with Crippen LogP contribution in [0.25, 0.3) is 5.82 Å². The Bertz CT molecular complexity index is 550. The van der Waals surface area contributed by atoms with Gasteiger partial charge in [-0.3, -0.25) is 0 Å². The van der Waals surface area contributed by atoms with Gasteiger partial charge in [-0.2, -0.15) is 5.10 Å². The molecule has 0 bridgehead atoms. The Morgan fingerprint density at radius 2 is 2.00 bits per heavy atom. The van der Waals surface area contributed by atoms with E-state index in [9.17, 15) is 0 Å². The highest BCUT2D eigenvalue weighted by molar-refractivity contribution is 5.33. The number of aromatic nitrogens is 3. The van der Waals surface area contributed by atoms with Gasteiger partial charge in [-0.05, 0) is 23.8 Å². The molecule has 2 aromatic rings. The zero-order valence-corrected chi connectivity index (χ0v) is 13.0. The number of hydrogen-bond donors (Lipinski definition) is 1. The summed E-state index contributed by atoms with van der Waals surface area (Å²) in [4.78, 5) is 4.75. The molecule has 2 heterocycles. The molecule has 0 fully saturated rings. The first kappa shape index (κ1) is 14.7. The molecule has 0 aliphatic rings. The molecule has 0 aromatic carbocycles. The predicted octanol–water partition coefficient (Wildman–Crippen LogP) is 3.06. The molecule has 0 saturated carbocycles. The van der Waals surface area contributed by atoms with E-state index in [2.05, 4.69) is 57.2 Å². The highest BCUT2D eigenvalue weighted by atomic mass is 15.3. The van der Waals surface area contributed by atoms with Gasteiger partial charge in [-0.25, -0.2) is 9.67 Å². The van der Waals surface area contributed by atoms with Crippen LogP contribution in [0.2, 0.25) is 0 Å². The summed E-state index contributed by atoms with van der Waals surface area (Å²) >= 11 is 0. The van der Waals surface area contributed by atoms with Gasteiger partial charge in [-0.1, -0.05) is 34.6 Å². The lowest BCUT2D eigenvalue weighted by atomic mass is 9.90. The second-order valence-electron chi connectivity index (χ2n) is 6.46. The fourth-order valence-electron chi connectivity index (χ4n) is 1.90. The van der Waals surface area contributed by atoms with Gasteiger partial charge in [0.2, 0.25) is 0 Å². The lowest BCUT2D eigenvalue weighted by molar-refractivity contribution is 0.558. The van der Waals surface area contributed by atoms with E-state index in [1.165, 1.54) is 5.56 Å². The van der Waals surface area contributed by atoms with Crippen LogP contribution < -0.4 is 5.32 Å². The van der Waals surface area contributed by atoms with Crippen LogP contribution in [0.1, 0.15) is 45.9 Å². The second kappa shape index (κ2) is 5.75. The first-order valence-electron chi connectivity index (χ1n) is 7.11. The fraction of sp³-hybridized carbons (Fsp3) is 0.500. The van der Waals surface area contributed by atoms with Crippen LogP contribution in [0.5, 0.6) is 0 Å². The van der Waals surface area contributed by atoms with Crippen molar-refractivity contribution in [3.8, 4) is 5.82 Å². The van der Waals surface area contributed by atoms with Gasteiger partial charge >= 0.3 is 0 Å². The normalized spacial score (nSPS) is 12.1. The average molecular weight is 272 g/mol. The minimum Gasteiger partial charge on any atom is -0.310 e. The van der Waals surface area contributed by atoms with Gasteiger partial charge in [0.15, 0.2) is 5.82 Å². The van der Waals surface area contributed by atoms with Gasteiger partial charge in [-0.15, -0.1) is 0 Å². The van der Waals surface area contributed by atoms with E-state index < -0.39 is 0 Å². The van der Waals surface area contributed by atoms with Crippen molar-refractivity contribution in [3.05, 3.63) is 41.9 Å². The van der Waals surface area contributed by atoms with Crippen molar-refractivity contribution in [1.82, 2.24) is 20.1 Å². The third kappa shape index (κ3) is 3.67. The van der Waals surface area contributed by atoms with Crippen molar-refractivity contribution in [3.63, 3.8) is 0 Å². The molecule has 4 heteroatoms. The van der Waals surface area contributed by atoms with E-state index in [1.807, 2.05) is 16.9 Å². The summed E-state index contributed by atoms with van der Waals surface area (Å²) in [7, 11) is 0. The summed E-state index contributed by atoms with van der Waals surface area (Å²) in [5.74, 6) is 0.878. The summed E-state index contributed by atoms with van der Waals surface area (Å²) in [6.07, 6.45) is 3.70. The molecule has 108 valence electrons. The molecule has 0 aliphatic carbocycles. The van der Waals surface area contributed by atoms with E-state index in [4.69, 9.17) is 4.98 Å². The van der Waals surface area contributed by atoms with Crippen LogP contribution in [0.15, 0.2) is 30.6 Å². The van der Waals surface area contributed by atoms with E-state index in [1.54, 1.807) is 6.20 Å². The van der Waals surface area contributed by atoms with Gasteiger partial charge in [0.25, 0.3) is 0 Å². The summed E-state index contributed by atoms with van der Waals surface area (Å²) in [5.41, 5.74) is 2.35. The summed E-state index contributed by atoms with van der Waals surface area (Å²) in [5, 5.41) is 7.74. The third-order valence-electron chi connectivity index (χ3n) is 3.09. The smallest absolute Gasteiger partial charge is 0.153 e. The second-order valence-corrected chi connectivity index (χ2v) is 6.46. The molecule has 4 nitrogen and oxygen atoms in total. The summed E-state index contributed by atoms with van der Waals surface area (Å²) in [6, 6.07) is 6.66. The SMILES string of the molecule is CC(C)NCc1cc(-n2cccn2)nc(C(C)(C)C)c1. The van der Waals surface area contributed by atoms with Crippen LogP contribution in [0.3, 0.4) is 0 Å². The minimum atomic E-state index is 0.0236. The van der Waals surface area contributed by atoms with Crippen molar-refractivity contribution in [2.75, 3.05) is 0 Å². The lowest BCUT2D eigenvalue weighted by Crippen LogP contribution is -2.23. The number of pyridine rings is 1. The van der Waals surface area contributed by atoms with Crippen LogP contribution >= 0.6 is 0 Å². The number of rotatable bonds is 4. The summed E-state index contributed by atoms with van der Waals surface area (Å²) in [6.45, 7) is 11.7. The Kier molecular flexibility index (Phi) is 4.23. The molecule has 2 rings (SSSR count). The van der Waals surface area contributed by atoms with Crippen molar-refractivity contribution in [2.24, 2.45) is 0 Å². The van der Waals surface area contributed by atoms with Crippen LogP contribution in [-0.2, 0) is 12.0 Å². The highest BCUT2D eigenvalue weighted by Gasteiger charge is 2.17. The van der Waals surface area contributed by atoms with Crippen molar-refractivity contribution < 1.29 is 0 Å². The average Bonchev–Trinajstić information content (AvgIpc) is 2.89. The first-order chi connectivity index (χ1) is 9.36. The minimum absolute atomic E-state index is 0.0236. The van der Waals surface area contributed by atoms with Gasteiger partial charge in [0, 0.05) is 36.1 Å². The Hall–Kier alpha value is -1.68. The van der Waals surface area contributed by atoms with Crippen molar-refractivity contribution in [2.45, 2.75) is 52.6 Å². The molecule has 0 saturated heterocycles. The maximum Gasteiger partial charge on any atom is 0.153 e. The molecule has 0 aliphatic heterocycles. The lowest BCUT2D eigenvalue weighted by Gasteiger charge is -2.20. The van der Waals surface area contributed by atoms with E-state index in [-0.39, 0.29) is 5.41 Å². The van der Waals surface area contributed by atoms with Crippen LogP contribution in [-0.4, -0.2) is 20.8 Å². The number of nitrogens with one attached hydrogen (secondary N) is 1. The Morgan fingerprint density at radius 3 is 2.55 bits per heavy atom. The quantitative estimate of drug-likeness (QED) is 0.930. The Balaban J connectivity index is 2.39. The maximum atomic E-state index is 4.75. The fourth-order valence-corrected chi connectivity index (χ4v) is 1.90. The highest BCUT2D eigenvalue weighted by Crippen LogP contribution is 2.22.